The highest BCUT2D eigenvalue weighted by Gasteiger charge is 2.09. The number of hydrogen-bond donors (Lipinski definition) is 1. The highest BCUT2D eigenvalue weighted by molar-refractivity contribution is 6.02. The zero-order valence-corrected chi connectivity index (χ0v) is 11.7. The number of hydrogen-bond acceptors (Lipinski definition) is 4. The van der Waals surface area contributed by atoms with Crippen LogP contribution in [0, 0.1) is 13.8 Å². The Hall–Kier alpha value is -2.89. The summed E-state index contributed by atoms with van der Waals surface area (Å²) < 4.78 is 6.79. The molecule has 0 atom stereocenters. The van der Waals surface area contributed by atoms with Crippen LogP contribution in [-0.2, 0) is 0 Å². The highest BCUT2D eigenvalue weighted by atomic mass is 16.3. The van der Waals surface area contributed by atoms with Crippen molar-refractivity contribution in [3.63, 3.8) is 0 Å². The third kappa shape index (κ3) is 2.69. The van der Waals surface area contributed by atoms with Gasteiger partial charge >= 0.3 is 0 Å². The Balaban J connectivity index is 1.78. The number of pyridine rings is 1. The Morgan fingerprint density at radius 1 is 1.29 bits per heavy atom. The van der Waals surface area contributed by atoms with Crippen molar-refractivity contribution in [2.24, 2.45) is 0 Å². The molecule has 106 valence electrons. The molecule has 0 unspecified atom stereocenters. The second kappa shape index (κ2) is 5.24. The number of carbonyl (C=O) groups is 1. The minimum atomic E-state index is -0.305. The normalized spacial score (nSPS) is 10.6. The first-order valence-electron chi connectivity index (χ1n) is 6.48. The molecule has 3 aromatic heterocycles. The van der Waals surface area contributed by atoms with E-state index in [9.17, 15) is 4.79 Å². The molecule has 3 rings (SSSR count). The van der Waals surface area contributed by atoms with E-state index in [4.69, 9.17) is 4.42 Å². The molecule has 0 fully saturated rings. The topological polar surface area (TPSA) is 73.0 Å². The molecule has 6 nitrogen and oxygen atoms in total. The Morgan fingerprint density at radius 3 is 2.71 bits per heavy atom. The van der Waals surface area contributed by atoms with Crippen LogP contribution in [-0.4, -0.2) is 20.7 Å². The van der Waals surface area contributed by atoms with Gasteiger partial charge in [-0.2, -0.15) is 5.10 Å². The summed E-state index contributed by atoms with van der Waals surface area (Å²) in [6.07, 6.45) is 3.05. The van der Waals surface area contributed by atoms with Gasteiger partial charge in [0.05, 0.1) is 23.8 Å². The van der Waals surface area contributed by atoms with Gasteiger partial charge in [-0.05, 0) is 44.2 Å². The fourth-order valence-electron chi connectivity index (χ4n) is 2.05. The van der Waals surface area contributed by atoms with Crippen molar-refractivity contribution in [3.05, 3.63) is 59.9 Å². The standard InChI is InChI=1S/C15H14N4O2/c1-10-8-11(2)19(18-10)14-6-5-12(9-16-14)17-15(20)13-4-3-7-21-13/h3-9H,1-2H3,(H,17,20). The predicted octanol–water partition coefficient (Wildman–Crippen LogP) is 2.73. The first kappa shape index (κ1) is 13.1. The minimum Gasteiger partial charge on any atom is -0.459 e. The van der Waals surface area contributed by atoms with E-state index >= 15 is 0 Å². The van der Waals surface area contributed by atoms with E-state index in [0.717, 1.165) is 11.4 Å². The number of anilines is 1. The maximum atomic E-state index is 11.8. The van der Waals surface area contributed by atoms with Crippen molar-refractivity contribution in [2.45, 2.75) is 13.8 Å². The SMILES string of the molecule is Cc1cc(C)n(-c2ccc(NC(=O)c3ccco3)cn2)n1. The van der Waals surface area contributed by atoms with Crippen molar-refractivity contribution in [1.29, 1.82) is 0 Å². The number of nitrogens with one attached hydrogen (secondary N) is 1. The molecule has 3 aromatic rings. The lowest BCUT2D eigenvalue weighted by Gasteiger charge is -2.06. The van der Waals surface area contributed by atoms with Gasteiger partial charge in [-0.1, -0.05) is 0 Å². The molecule has 0 saturated heterocycles. The molecule has 0 spiro atoms. The van der Waals surface area contributed by atoms with Crippen molar-refractivity contribution >= 4 is 11.6 Å². The summed E-state index contributed by atoms with van der Waals surface area (Å²) >= 11 is 0. The number of carbonyl (C=O) groups excluding carboxylic acids is 1. The van der Waals surface area contributed by atoms with Gasteiger partial charge in [-0.25, -0.2) is 9.67 Å². The van der Waals surface area contributed by atoms with Crippen molar-refractivity contribution in [3.8, 4) is 5.82 Å². The molecule has 0 bridgehead atoms. The van der Waals surface area contributed by atoms with Crippen LogP contribution in [0.2, 0.25) is 0 Å². The van der Waals surface area contributed by atoms with E-state index < -0.39 is 0 Å². The monoisotopic (exact) mass is 282 g/mol. The van der Waals surface area contributed by atoms with Crippen LogP contribution in [0.25, 0.3) is 5.82 Å². The van der Waals surface area contributed by atoms with Gasteiger partial charge in [0.25, 0.3) is 5.91 Å². The van der Waals surface area contributed by atoms with Crippen molar-refractivity contribution < 1.29 is 9.21 Å². The van der Waals surface area contributed by atoms with Crippen molar-refractivity contribution in [2.75, 3.05) is 5.32 Å². The molecule has 0 saturated carbocycles. The van der Waals surface area contributed by atoms with E-state index in [1.54, 1.807) is 35.1 Å². The van der Waals surface area contributed by atoms with Crippen LogP contribution < -0.4 is 5.32 Å². The van der Waals surface area contributed by atoms with E-state index in [0.29, 0.717) is 11.5 Å². The smallest absolute Gasteiger partial charge is 0.291 e. The second-order valence-corrected chi connectivity index (χ2v) is 4.68. The Morgan fingerprint density at radius 2 is 2.14 bits per heavy atom. The average Bonchev–Trinajstić information content (AvgIpc) is 3.09. The van der Waals surface area contributed by atoms with Crippen LogP contribution in [0.4, 0.5) is 5.69 Å². The minimum absolute atomic E-state index is 0.262. The number of amides is 1. The van der Waals surface area contributed by atoms with Gasteiger partial charge in [-0.3, -0.25) is 4.79 Å². The van der Waals surface area contributed by atoms with E-state index in [1.165, 1.54) is 6.26 Å². The Kier molecular flexibility index (Phi) is 3.27. The van der Waals surface area contributed by atoms with E-state index in [1.807, 2.05) is 19.9 Å². The molecule has 0 radical (unpaired) electrons. The lowest BCUT2D eigenvalue weighted by Crippen LogP contribution is -2.11. The largest absolute Gasteiger partial charge is 0.459 e. The molecule has 0 aliphatic rings. The molecule has 21 heavy (non-hydrogen) atoms. The molecule has 3 heterocycles. The van der Waals surface area contributed by atoms with Gasteiger partial charge in [0, 0.05) is 5.69 Å². The Bertz CT molecular complexity index is 758. The van der Waals surface area contributed by atoms with Gasteiger partial charge in [0.2, 0.25) is 0 Å². The van der Waals surface area contributed by atoms with E-state index in [2.05, 4.69) is 15.4 Å². The molecule has 0 aliphatic heterocycles. The fourth-order valence-corrected chi connectivity index (χ4v) is 2.05. The van der Waals surface area contributed by atoms with Crippen LogP contribution in [0.1, 0.15) is 21.9 Å². The lowest BCUT2D eigenvalue weighted by atomic mass is 10.3. The van der Waals surface area contributed by atoms with Gasteiger partial charge < -0.3 is 9.73 Å². The summed E-state index contributed by atoms with van der Waals surface area (Å²) in [5, 5.41) is 7.08. The summed E-state index contributed by atoms with van der Waals surface area (Å²) in [5.41, 5.74) is 2.54. The zero-order valence-electron chi connectivity index (χ0n) is 11.7. The van der Waals surface area contributed by atoms with Gasteiger partial charge in [-0.15, -0.1) is 0 Å². The quantitative estimate of drug-likeness (QED) is 0.801. The number of aromatic nitrogens is 3. The lowest BCUT2D eigenvalue weighted by molar-refractivity contribution is 0.0996. The molecule has 1 N–H and O–H groups in total. The Labute approximate surface area is 121 Å². The van der Waals surface area contributed by atoms with Crippen molar-refractivity contribution in [1.82, 2.24) is 14.8 Å². The zero-order chi connectivity index (χ0) is 14.8. The summed E-state index contributed by atoms with van der Waals surface area (Å²) in [4.78, 5) is 16.1. The fraction of sp³-hybridized carbons (Fsp3) is 0.133. The number of nitrogens with zero attached hydrogens (tertiary/aromatic N) is 3. The number of furan rings is 1. The molecule has 1 amide bonds. The summed E-state index contributed by atoms with van der Waals surface area (Å²) in [6.45, 7) is 3.90. The third-order valence-corrected chi connectivity index (χ3v) is 2.98. The second-order valence-electron chi connectivity index (χ2n) is 4.68. The number of aryl methyl sites for hydroxylation is 2. The van der Waals surface area contributed by atoms with Crippen LogP contribution in [0.5, 0.6) is 0 Å². The predicted molar refractivity (Wildman–Crippen MR) is 77.5 cm³/mol. The first-order valence-corrected chi connectivity index (χ1v) is 6.48. The maximum absolute atomic E-state index is 11.8. The van der Waals surface area contributed by atoms with Crippen LogP contribution in [0.3, 0.4) is 0 Å². The van der Waals surface area contributed by atoms with E-state index in [-0.39, 0.29) is 11.7 Å². The summed E-state index contributed by atoms with van der Waals surface area (Å²) in [5.74, 6) is 0.662. The molecular weight excluding hydrogens is 268 g/mol. The number of rotatable bonds is 3. The van der Waals surface area contributed by atoms with Gasteiger partial charge in [0.1, 0.15) is 0 Å². The van der Waals surface area contributed by atoms with Crippen LogP contribution in [0.15, 0.2) is 47.2 Å². The molecule has 0 aromatic carbocycles. The maximum Gasteiger partial charge on any atom is 0.291 e. The third-order valence-electron chi connectivity index (χ3n) is 2.98. The molecular formula is C15H14N4O2. The molecule has 6 heteroatoms. The highest BCUT2D eigenvalue weighted by Crippen LogP contribution is 2.13. The van der Waals surface area contributed by atoms with Crippen LogP contribution >= 0.6 is 0 Å². The first-order chi connectivity index (χ1) is 10.1. The van der Waals surface area contributed by atoms with Gasteiger partial charge in [0.15, 0.2) is 11.6 Å². The molecule has 0 aliphatic carbocycles. The summed E-state index contributed by atoms with van der Waals surface area (Å²) in [7, 11) is 0. The average molecular weight is 282 g/mol. The summed E-state index contributed by atoms with van der Waals surface area (Å²) in [6, 6.07) is 8.83.